The normalized spacial score (nSPS) is 19.7. The lowest BCUT2D eigenvalue weighted by molar-refractivity contribution is -0.126. The van der Waals surface area contributed by atoms with Crippen molar-refractivity contribution in [2.24, 2.45) is 0 Å². The van der Waals surface area contributed by atoms with E-state index in [9.17, 15) is 4.79 Å². The van der Waals surface area contributed by atoms with E-state index in [-0.39, 0.29) is 11.9 Å². The summed E-state index contributed by atoms with van der Waals surface area (Å²) in [6, 6.07) is 5.51. The van der Waals surface area contributed by atoms with E-state index in [0.717, 1.165) is 18.7 Å². The van der Waals surface area contributed by atoms with Crippen molar-refractivity contribution in [1.82, 2.24) is 20.5 Å². The van der Waals surface area contributed by atoms with Crippen LogP contribution in [0.5, 0.6) is 0 Å². The van der Waals surface area contributed by atoms with Gasteiger partial charge in [-0.1, -0.05) is 0 Å². The van der Waals surface area contributed by atoms with E-state index in [1.807, 2.05) is 12.1 Å². The zero-order chi connectivity index (χ0) is 13.7. The van der Waals surface area contributed by atoms with Crippen LogP contribution in [0.3, 0.4) is 0 Å². The van der Waals surface area contributed by atoms with Gasteiger partial charge in [-0.15, -0.1) is 0 Å². The molecule has 1 amide bonds. The number of carbonyl (C=O) groups excluding carboxylic acids is 1. The molecule has 2 heterocycles. The Kier molecular flexibility index (Phi) is 4.44. The second-order valence-electron chi connectivity index (χ2n) is 4.47. The largest absolute Gasteiger partial charge is 0.358 e. The van der Waals surface area contributed by atoms with E-state index in [4.69, 9.17) is 5.26 Å². The molecule has 1 aliphatic rings. The van der Waals surface area contributed by atoms with Gasteiger partial charge in [0.15, 0.2) is 0 Å². The summed E-state index contributed by atoms with van der Waals surface area (Å²) < 4.78 is 0. The van der Waals surface area contributed by atoms with Crippen LogP contribution in [0.15, 0.2) is 18.3 Å². The van der Waals surface area contributed by atoms with Crippen molar-refractivity contribution in [2.45, 2.75) is 12.6 Å². The molecule has 1 unspecified atom stereocenters. The van der Waals surface area contributed by atoms with Crippen molar-refractivity contribution in [2.75, 3.05) is 26.7 Å². The van der Waals surface area contributed by atoms with Crippen molar-refractivity contribution < 1.29 is 4.79 Å². The summed E-state index contributed by atoms with van der Waals surface area (Å²) in [5.74, 6) is 0.0155. The quantitative estimate of drug-likeness (QED) is 0.763. The third-order valence-corrected chi connectivity index (χ3v) is 3.23. The number of hydrogen-bond acceptors (Lipinski definition) is 5. The number of pyridine rings is 1. The SMILES string of the molecule is CNC(=O)C1CNCCN1Cc1ccnc(C#N)c1. The van der Waals surface area contributed by atoms with E-state index in [2.05, 4.69) is 20.5 Å². The minimum atomic E-state index is -0.169. The summed E-state index contributed by atoms with van der Waals surface area (Å²) in [7, 11) is 1.65. The standard InChI is InChI=1S/C13H17N5O/c1-15-13(19)12-8-16-4-5-18(12)9-10-2-3-17-11(6-10)7-14/h2-3,6,12,16H,4-5,8-9H2,1H3,(H,15,19). The molecule has 0 spiro atoms. The lowest BCUT2D eigenvalue weighted by Gasteiger charge is -2.34. The monoisotopic (exact) mass is 259 g/mol. The highest BCUT2D eigenvalue weighted by molar-refractivity contribution is 5.81. The minimum Gasteiger partial charge on any atom is -0.358 e. The molecule has 0 aliphatic carbocycles. The van der Waals surface area contributed by atoms with E-state index in [0.29, 0.717) is 18.8 Å². The molecule has 100 valence electrons. The van der Waals surface area contributed by atoms with Gasteiger partial charge in [-0.2, -0.15) is 5.26 Å². The average Bonchev–Trinajstić information content (AvgIpc) is 2.47. The van der Waals surface area contributed by atoms with Gasteiger partial charge in [0.05, 0.1) is 0 Å². The van der Waals surface area contributed by atoms with Crippen LogP contribution in [0.2, 0.25) is 0 Å². The van der Waals surface area contributed by atoms with Crippen molar-refractivity contribution in [3.8, 4) is 6.07 Å². The van der Waals surface area contributed by atoms with Gasteiger partial charge in [0.1, 0.15) is 17.8 Å². The van der Waals surface area contributed by atoms with Gasteiger partial charge in [-0.05, 0) is 17.7 Å². The molecule has 0 saturated carbocycles. The number of aromatic nitrogens is 1. The Morgan fingerprint density at radius 3 is 3.32 bits per heavy atom. The number of nitrogens with one attached hydrogen (secondary N) is 2. The van der Waals surface area contributed by atoms with Crippen LogP contribution in [-0.4, -0.2) is 48.5 Å². The third kappa shape index (κ3) is 3.28. The first-order valence-corrected chi connectivity index (χ1v) is 6.26. The Labute approximate surface area is 112 Å². The van der Waals surface area contributed by atoms with Crippen LogP contribution < -0.4 is 10.6 Å². The van der Waals surface area contributed by atoms with Gasteiger partial charge in [0.25, 0.3) is 0 Å². The molecule has 0 radical (unpaired) electrons. The van der Waals surface area contributed by atoms with Gasteiger partial charge < -0.3 is 10.6 Å². The predicted molar refractivity (Wildman–Crippen MR) is 70.1 cm³/mol. The van der Waals surface area contributed by atoms with Crippen molar-refractivity contribution in [3.05, 3.63) is 29.6 Å². The van der Waals surface area contributed by atoms with E-state index in [1.165, 1.54) is 0 Å². The Hall–Kier alpha value is -1.97. The fraction of sp³-hybridized carbons (Fsp3) is 0.462. The summed E-state index contributed by atoms with van der Waals surface area (Å²) in [4.78, 5) is 17.9. The van der Waals surface area contributed by atoms with Crippen molar-refractivity contribution >= 4 is 5.91 Å². The van der Waals surface area contributed by atoms with Gasteiger partial charge in [-0.3, -0.25) is 9.69 Å². The zero-order valence-electron chi connectivity index (χ0n) is 10.9. The summed E-state index contributed by atoms with van der Waals surface area (Å²) in [6.07, 6.45) is 1.63. The lowest BCUT2D eigenvalue weighted by atomic mass is 10.1. The summed E-state index contributed by atoms with van der Waals surface area (Å²) in [5, 5.41) is 14.8. The summed E-state index contributed by atoms with van der Waals surface area (Å²) in [6.45, 7) is 2.97. The second kappa shape index (κ2) is 6.27. The first kappa shape index (κ1) is 13.5. The Morgan fingerprint density at radius 1 is 1.74 bits per heavy atom. The number of hydrogen-bond donors (Lipinski definition) is 2. The van der Waals surface area contributed by atoms with Gasteiger partial charge in [0.2, 0.25) is 5.91 Å². The summed E-state index contributed by atoms with van der Waals surface area (Å²) in [5.41, 5.74) is 1.41. The fourth-order valence-electron chi connectivity index (χ4n) is 2.23. The number of carbonyl (C=O) groups is 1. The molecule has 19 heavy (non-hydrogen) atoms. The van der Waals surface area contributed by atoms with Crippen LogP contribution in [-0.2, 0) is 11.3 Å². The summed E-state index contributed by atoms with van der Waals surface area (Å²) >= 11 is 0. The maximum atomic E-state index is 11.8. The number of likely N-dealkylation sites (N-methyl/N-ethyl adjacent to an activating group) is 1. The molecule has 1 aliphatic heterocycles. The molecule has 0 bridgehead atoms. The van der Waals surface area contributed by atoms with Gasteiger partial charge in [-0.25, -0.2) is 4.98 Å². The molecule has 1 aromatic heterocycles. The van der Waals surface area contributed by atoms with Crippen LogP contribution in [0.4, 0.5) is 0 Å². The third-order valence-electron chi connectivity index (χ3n) is 3.23. The average molecular weight is 259 g/mol. The highest BCUT2D eigenvalue weighted by Gasteiger charge is 2.27. The van der Waals surface area contributed by atoms with Crippen LogP contribution in [0.25, 0.3) is 0 Å². The Bertz CT molecular complexity index is 496. The zero-order valence-corrected chi connectivity index (χ0v) is 10.9. The Balaban J connectivity index is 2.10. The first-order valence-electron chi connectivity index (χ1n) is 6.26. The number of amides is 1. The Morgan fingerprint density at radius 2 is 2.58 bits per heavy atom. The van der Waals surface area contributed by atoms with E-state index >= 15 is 0 Å². The van der Waals surface area contributed by atoms with Crippen LogP contribution in [0.1, 0.15) is 11.3 Å². The maximum absolute atomic E-state index is 11.8. The van der Waals surface area contributed by atoms with E-state index < -0.39 is 0 Å². The van der Waals surface area contributed by atoms with Crippen LogP contribution in [0, 0.1) is 11.3 Å². The number of nitriles is 1. The predicted octanol–water partition coefficient (Wildman–Crippen LogP) is -0.527. The number of piperazine rings is 1. The van der Waals surface area contributed by atoms with Crippen molar-refractivity contribution in [1.29, 1.82) is 5.26 Å². The molecule has 1 atom stereocenters. The van der Waals surface area contributed by atoms with Crippen LogP contribution >= 0.6 is 0 Å². The molecular weight excluding hydrogens is 242 g/mol. The second-order valence-corrected chi connectivity index (χ2v) is 4.47. The smallest absolute Gasteiger partial charge is 0.238 e. The van der Waals surface area contributed by atoms with E-state index in [1.54, 1.807) is 19.3 Å². The number of nitrogens with zero attached hydrogens (tertiary/aromatic N) is 3. The molecule has 6 heteroatoms. The van der Waals surface area contributed by atoms with Gasteiger partial charge >= 0.3 is 0 Å². The highest BCUT2D eigenvalue weighted by Crippen LogP contribution is 2.11. The fourth-order valence-corrected chi connectivity index (χ4v) is 2.23. The molecule has 6 nitrogen and oxygen atoms in total. The number of rotatable bonds is 3. The molecule has 2 rings (SSSR count). The molecular formula is C13H17N5O. The lowest BCUT2D eigenvalue weighted by Crippen LogP contribution is -2.56. The minimum absolute atomic E-state index is 0.0155. The first-order chi connectivity index (χ1) is 9.24. The molecule has 1 fully saturated rings. The van der Waals surface area contributed by atoms with Gasteiger partial charge in [0, 0.05) is 39.4 Å². The molecule has 1 saturated heterocycles. The molecule has 0 aromatic carbocycles. The highest BCUT2D eigenvalue weighted by atomic mass is 16.2. The molecule has 2 N–H and O–H groups in total. The molecule has 1 aromatic rings. The van der Waals surface area contributed by atoms with Crippen molar-refractivity contribution in [3.63, 3.8) is 0 Å². The maximum Gasteiger partial charge on any atom is 0.238 e. The topological polar surface area (TPSA) is 81.1 Å².